The molecule has 1 aromatic heterocycles. The van der Waals surface area contributed by atoms with E-state index in [1.54, 1.807) is 13.8 Å². The summed E-state index contributed by atoms with van der Waals surface area (Å²) in [7, 11) is 1.49. The van der Waals surface area contributed by atoms with Crippen molar-refractivity contribution in [2.75, 3.05) is 13.7 Å². The van der Waals surface area contributed by atoms with E-state index in [9.17, 15) is 9.59 Å². The van der Waals surface area contributed by atoms with Crippen molar-refractivity contribution < 1.29 is 24.3 Å². The number of carbonyl (C=O) groups is 2. The summed E-state index contributed by atoms with van der Waals surface area (Å²) in [5, 5.41) is 21.1. The van der Waals surface area contributed by atoms with Crippen LogP contribution in [0, 0.1) is 0 Å². The lowest BCUT2D eigenvalue weighted by Gasteiger charge is -2.33. The number of aromatic nitrogens is 1. The molecule has 0 aliphatic rings. The number of carboxylic acid groups (broad SMARTS) is 1. The van der Waals surface area contributed by atoms with Gasteiger partial charge in [0.2, 0.25) is 5.76 Å². The minimum atomic E-state index is -1.29. The molecule has 0 fully saturated rings. The fourth-order valence-corrected chi connectivity index (χ4v) is 1.03. The predicted octanol–water partition coefficient (Wildman–Crippen LogP) is 0.216. The standard InChI is InChI=1S/C10H14N2O5/c1-10(2,5-13)12(3)8(14)6-4-7(9(15)16)17-11-6/h4,13H,5H2,1-3H3,(H,15,16). The van der Waals surface area contributed by atoms with Gasteiger partial charge in [0.25, 0.3) is 5.91 Å². The Morgan fingerprint density at radius 2 is 2.12 bits per heavy atom. The number of nitrogens with zero attached hydrogens (tertiary/aromatic N) is 2. The number of rotatable bonds is 4. The molecule has 0 spiro atoms. The number of aliphatic hydroxyl groups excluding tert-OH is 1. The van der Waals surface area contributed by atoms with E-state index in [1.807, 2.05) is 0 Å². The summed E-state index contributed by atoms with van der Waals surface area (Å²) in [6.45, 7) is 3.12. The first-order chi connectivity index (χ1) is 7.79. The van der Waals surface area contributed by atoms with E-state index in [-0.39, 0.29) is 12.3 Å². The summed E-state index contributed by atoms with van der Waals surface area (Å²) in [6.07, 6.45) is 0. The van der Waals surface area contributed by atoms with Gasteiger partial charge in [-0.05, 0) is 13.8 Å². The maximum absolute atomic E-state index is 11.9. The predicted molar refractivity (Wildman–Crippen MR) is 56.7 cm³/mol. The van der Waals surface area contributed by atoms with Gasteiger partial charge in [-0.15, -0.1) is 0 Å². The van der Waals surface area contributed by atoms with Crippen molar-refractivity contribution in [3.63, 3.8) is 0 Å². The first-order valence-electron chi connectivity index (χ1n) is 4.88. The van der Waals surface area contributed by atoms with Gasteiger partial charge < -0.3 is 19.6 Å². The van der Waals surface area contributed by atoms with Crippen LogP contribution in [-0.2, 0) is 0 Å². The molecule has 0 aliphatic carbocycles. The highest BCUT2D eigenvalue weighted by Crippen LogP contribution is 2.15. The summed E-state index contributed by atoms with van der Waals surface area (Å²) in [6, 6.07) is 1.05. The maximum Gasteiger partial charge on any atom is 0.374 e. The summed E-state index contributed by atoms with van der Waals surface area (Å²) in [4.78, 5) is 23.7. The molecule has 0 radical (unpaired) electrons. The fraction of sp³-hybridized carbons (Fsp3) is 0.500. The van der Waals surface area contributed by atoms with Crippen molar-refractivity contribution in [3.05, 3.63) is 17.5 Å². The molecule has 7 nitrogen and oxygen atoms in total. The molecule has 1 aromatic rings. The Labute approximate surface area is 97.6 Å². The number of amides is 1. The van der Waals surface area contributed by atoms with Crippen molar-refractivity contribution in [1.29, 1.82) is 0 Å². The molecule has 1 heterocycles. The minimum Gasteiger partial charge on any atom is -0.475 e. The third-order valence-electron chi connectivity index (χ3n) is 2.54. The second-order valence-corrected chi connectivity index (χ2v) is 4.22. The van der Waals surface area contributed by atoms with E-state index in [0.29, 0.717) is 0 Å². The van der Waals surface area contributed by atoms with Crippen molar-refractivity contribution in [1.82, 2.24) is 10.1 Å². The molecule has 0 unspecified atom stereocenters. The highest BCUT2D eigenvalue weighted by Gasteiger charge is 2.29. The molecule has 94 valence electrons. The molecule has 17 heavy (non-hydrogen) atoms. The maximum atomic E-state index is 11.9. The summed E-state index contributed by atoms with van der Waals surface area (Å²) >= 11 is 0. The molecule has 0 bridgehead atoms. The van der Waals surface area contributed by atoms with Gasteiger partial charge in [-0.2, -0.15) is 0 Å². The Kier molecular flexibility index (Phi) is 3.52. The van der Waals surface area contributed by atoms with Crippen LogP contribution >= 0.6 is 0 Å². The lowest BCUT2D eigenvalue weighted by molar-refractivity contribution is 0.0462. The first-order valence-corrected chi connectivity index (χ1v) is 4.88. The smallest absolute Gasteiger partial charge is 0.374 e. The normalized spacial score (nSPS) is 11.3. The molecular formula is C10H14N2O5. The fourth-order valence-electron chi connectivity index (χ4n) is 1.03. The number of carbonyl (C=O) groups excluding carboxylic acids is 1. The van der Waals surface area contributed by atoms with Crippen LogP contribution in [0.2, 0.25) is 0 Å². The molecule has 0 atom stereocenters. The summed E-state index contributed by atoms with van der Waals surface area (Å²) in [5.74, 6) is -2.20. The summed E-state index contributed by atoms with van der Waals surface area (Å²) < 4.78 is 4.48. The van der Waals surface area contributed by atoms with Crippen LogP contribution in [0.5, 0.6) is 0 Å². The Balaban J connectivity index is 2.93. The van der Waals surface area contributed by atoms with Crippen molar-refractivity contribution in [2.24, 2.45) is 0 Å². The zero-order valence-electron chi connectivity index (χ0n) is 9.80. The summed E-state index contributed by atoms with van der Waals surface area (Å²) in [5.41, 5.74) is -0.870. The largest absolute Gasteiger partial charge is 0.475 e. The SMILES string of the molecule is CN(C(=O)c1cc(C(=O)O)on1)C(C)(C)CO. The van der Waals surface area contributed by atoms with E-state index in [2.05, 4.69) is 9.68 Å². The van der Waals surface area contributed by atoms with Crippen molar-refractivity contribution >= 4 is 11.9 Å². The van der Waals surface area contributed by atoms with Gasteiger partial charge in [0, 0.05) is 13.1 Å². The monoisotopic (exact) mass is 242 g/mol. The molecule has 0 saturated heterocycles. The minimum absolute atomic E-state index is 0.105. The van der Waals surface area contributed by atoms with Gasteiger partial charge in [-0.25, -0.2) is 4.79 Å². The van der Waals surface area contributed by atoms with Gasteiger partial charge in [0.05, 0.1) is 12.1 Å². The first kappa shape index (κ1) is 13.2. The number of likely N-dealkylation sites (N-methyl/N-ethyl adjacent to an activating group) is 1. The second kappa shape index (κ2) is 4.54. The van der Waals surface area contributed by atoms with Gasteiger partial charge in [0.15, 0.2) is 5.69 Å². The Morgan fingerprint density at radius 3 is 2.53 bits per heavy atom. The third kappa shape index (κ3) is 2.62. The van der Waals surface area contributed by atoms with Crippen molar-refractivity contribution in [3.8, 4) is 0 Å². The number of aliphatic hydroxyl groups is 1. The van der Waals surface area contributed by atoms with Gasteiger partial charge >= 0.3 is 5.97 Å². The Bertz CT molecular complexity index is 438. The van der Waals surface area contributed by atoms with Crippen LogP contribution in [-0.4, -0.2) is 51.3 Å². The van der Waals surface area contributed by atoms with Crippen LogP contribution < -0.4 is 0 Å². The van der Waals surface area contributed by atoms with Gasteiger partial charge in [-0.3, -0.25) is 4.79 Å². The molecule has 7 heteroatoms. The molecule has 1 rings (SSSR count). The van der Waals surface area contributed by atoms with E-state index in [4.69, 9.17) is 10.2 Å². The topological polar surface area (TPSA) is 104 Å². The number of aromatic carboxylic acids is 1. The van der Waals surface area contributed by atoms with E-state index < -0.39 is 23.2 Å². The quantitative estimate of drug-likeness (QED) is 0.782. The molecular weight excluding hydrogens is 228 g/mol. The number of carboxylic acids is 1. The van der Waals surface area contributed by atoms with E-state index in [1.165, 1.54) is 11.9 Å². The molecule has 0 saturated carbocycles. The van der Waals surface area contributed by atoms with Crippen LogP contribution in [0.3, 0.4) is 0 Å². The molecule has 0 aliphatic heterocycles. The molecule has 0 aromatic carbocycles. The van der Waals surface area contributed by atoms with Gasteiger partial charge in [-0.1, -0.05) is 5.16 Å². The average molecular weight is 242 g/mol. The number of hydrogen-bond acceptors (Lipinski definition) is 5. The zero-order valence-corrected chi connectivity index (χ0v) is 9.80. The van der Waals surface area contributed by atoms with Crippen LogP contribution in [0.4, 0.5) is 0 Å². The average Bonchev–Trinajstić information content (AvgIpc) is 2.76. The molecule has 2 N–H and O–H groups in total. The second-order valence-electron chi connectivity index (χ2n) is 4.22. The van der Waals surface area contributed by atoms with Crippen LogP contribution in [0.15, 0.2) is 10.6 Å². The lowest BCUT2D eigenvalue weighted by atomic mass is 10.0. The highest BCUT2D eigenvalue weighted by molar-refractivity contribution is 5.95. The highest BCUT2D eigenvalue weighted by atomic mass is 16.5. The zero-order chi connectivity index (χ0) is 13.2. The van der Waals surface area contributed by atoms with Crippen molar-refractivity contribution in [2.45, 2.75) is 19.4 Å². The third-order valence-corrected chi connectivity index (χ3v) is 2.54. The number of hydrogen-bond donors (Lipinski definition) is 2. The van der Waals surface area contributed by atoms with Crippen LogP contribution in [0.25, 0.3) is 0 Å². The van der Waals surface area contributed by atoms with Crippen LogP contribution in [0.1, 0.15) is 34.9 Å². The Morgan fingerprint density at radius 1 is 1.53 bits per heavy atom. The van der Waals surface area contributed by atoms with Gasteiger partial charge in [0.1, 0.15) is 0 Å². The molecule has 1 amide bonds. The van der Waals surface area contributed by atoms with E-state index >= 15 is 0 Å². The lowest BCUT2D eigenvalue weighted by Crippen LogP contribution is -2.47. The van der Waals surface area contributed by atoms with E-state index in [0.717, 1.165) is 6.07 Å². The Hall–Kier alpha value is -1.89.